The summed E-state index contributed by atoms with van der Waals surface area (Å²) in [6.45, 7) is 2.65. The Morgan fingerprint density at radius 3 is 2.81 bits per heavy atom. The fraction of sp³-hybridized carbons (Fsp3) is 0.600. The molecule has 1 atom stereocenters. The van der Waals surface area contributed by atoms with Gasteiger partial charge in [-0.2, -0.15) is 4.31 Å². The molecule has 1 aliphatic rings. The minimum absolute atomic E-state index is 0.224. The Bertz CT molecular complexity index is 466. The molecule has 0 spiro atoms. The van der Waals surface area contributed by atoms with Gasteiger partial charge in [0.15, 0.2) is 0 Å². The van der Waals surface area contributed by atoms with Crippen molar-refractivity contribution in [3.8, 4) is 0 Å². The molecule has 0 aliphatic carbocycles. The van der Waals surface area contributed by atoms with E-state index in [9.17, 15) is 13.5 Å². The summed E-state index contributed by atoms with van der Waals surface area (Å²) in [5.74, 6) is 0. The summed E-state index contributed by atoms with van der Waals surface area (Å²) < 4.78 is 26.0. The molecule has 0 saturated carbocycles. The molecule has 1 saturated heterocycles. The Morgan fingerprint density at radius 1 is 1.56 bits per heavy atom. The van der Waals surface area contributed by atoms with Crippen LogP contribution in [0.25, 0.3) is 0 Å². The maximum atomic E-state index is 12.1. The van der Waals surface area contributed by atoms with E-state index in [0.29, 0.717) is 17.2 Å². The zero-order valence-electron chi connectivity index (χ0n) is 9.09. The number of aliphatic hydroxyl groups is 1. The Labute approximate surface area is 99.6 Å². The lowest BCUT2D eigenvalue weighted by atomic mass is 10.3. The zero-order valence-corrected chi connectivity index (χ0v) is 10.7. The first kappa shape index (κ1) is 12.0. The lowest BCUT2D eigenvalue weighted by Crippen LogP contribution is -2.29. The predicted molar refractivity (Wildman–Crippen MR) is 63.1 cm³/mol. The van der Waals surface area contributed by atoms with Crippen molar-refractivity contribution in [2.45, 2.75) is 30.1 Å². The molecule has 1 N–H and O–H groups in total. The minimum atomic E-state index is -3.37. The van der Waals surface area contributed by atoms with Crippen LogP contribution in [0.2, 0.25) is 0 Å². The van der Waals surface area contributed by atoms with Crippen molar-refractivity contribution < 1.29 is 13.5 Å². The van der Waals surface area contributed by atoms with Gasteiger partial charge in [0.1, 0.15) is 4.21 Å². The van der Waals surface area contributed by atoms with Crippen LogP contribution in [-0.4, -0.2) is 37.0 Å². The van der Waals surface area contributed by atoms with Crippen LogP contribution in [0, 0.1) is 0 Å². The van der Waals surface area contributed by atoms with E-state index >= 15 is 0 Å². The first-order valence-electron chi connectivity index (χ1n) is 5.31. The topological polar surface area (TPSA) is 57.6 Å². The number of β-amino-alcohol motifs (C(OH)–C–C–N with tert-alkyl or cyclic N) is 1. The smallest absolute Gasteiger partial charge is 0.252 e. The Hall–Kier alpha value is -0.430. The second kappa shape index (κ2) is 4.44. The highest BCUT2D eigenvalue weighted by Crippen LogP contribution is 2.27. The number of hydrogen-bond donors (Lipinski definition) is 1. The van der Waals surface area contributed by atoms with Crippen molar-refractivity contribution in [2.75, 3.05) is 13.1 Å². The molecular formula is C10H15NO3S2. The van der Waals surface area contributed by atoms with Gasteiger partial charge in [-0.1, -0.05) is 6.92 Å². The Morgan fingerprint density at radius 2 is 2.31 bits per heavy atom. The Kier molecular flexibility index (Phi) is 3.34. The van der Waals surface area contributed by atoms with Gasteiger partial charge in [0.05, 0.1) is 6.10 Å². The number of sulfonamides is 1. The molecule has 0 bridgehead atoms. The molecule has 1 aromatic heterocycles. The van der Waals surface area contributed by atoms with E-state index in [2.05, 4.69) is 0 Å². The van der Waals surface area contributed by atoms with Crippen LogP contribution in [0.1, 0.15) is 18.2 Å². The van der Waals surface area contributed by atoms with Crippen LogP contribution < -0.4 is 0 Å². The zero-order chi connectivity index (χ0) is 11.8. The van der Waals surface area contributed by atoms with Gasteiger partial charge in [0, 0.05) is 18.0 Å². The molecule has 0 radical (unpaired) electrons. The second-order valence-electron chi connectivity index (χ2n) is 3.88. The number of aryl methyl sites for hydroxylation is 1. The quantitative estimate of drug-likeness (QED) is 0.885. The van der Waals surface area contributed by atoms with Gasteiger partial charge in [0.2, 0.25) is 0 Å². The summed E-state index contributed by atoms with van der Waals surface area (Å²) in [6.07, 6.45) is 0.869. The van der Waals surface area contributed by atoms with Gasteiger partial charge in [-0.05, 0) is 25.0 Å². The first-order chi connectivity index (χ1) is 7.54. The molecule has 0 unspecified atom stereocenters. The standard InChI is InChI=1S/C10H15NO3S2/c1-2-9-3-4-10(15-9)16(13,14)11-6-5-8(12)7-11/h3-4,8,12H,2,5-7H2,1H3/t8-/m0/s1. The van der Waals surface area contributed by atoms with Crippen molar-refractivity contribution in [1.29, 1.82) is 0 Å². The molecule has 1 fully saturated rings. The summed E-state index contributed by atoms with van der Waals surface area (Å²) >= 11 is 1.32. The minimum Gasteiger partial charge on any atom is -0.392 e. The van der Waals surface area contributed by atoms with Gasteiger partial charge < -0.3 is 5.11 Å². The highest BCUT2D eigenvalue weighted by atomic mass is 32.2. The fourth-order valence-electron chi connectivity index (χ4n) is 1.74. The van der Waals surface area contributed by atoms with Crippen molar-refractivity contribution in [3.63, 3.8) is 0 Å². The van der Waals surface area contributed by atoms with E-state index in [1.54, 1.807) is 6.07 Å². The summed E-state index contributed by atoms with van der Waals surface area (Å²) in [6, 6.07) is 3.51. The van der Waals surface area contributed by atoms with Crippen LogP contribution in [-0.2, 0) is 16.4 Å². The average Bonchev–Trinajstić information content (AvgIpc) is 2.85. The van der Waals surface area contributed by atoms with Crippen molar-refractivity contribution in [3.05, 3.63) is 17.0 Å². The van der Waals surface area contributed by atoms with Crippen LogP contribution in [0.3, 0.4) is 0 Å². The third kappa shape index (κ3) is 2.15. The van der Waals surface area contributed by atoms with E-state index in [1.165, 1.54) is 15.6 Å². The van der Waals surface area contributed by atoms with E-state index in [0.717, 1.165) is 11.3 Å². The second-order valence-corrected chi connectivity index (χ2v) is 7.21. The molecule has 0 amide bonds. The summed E-state index contributed by atoms with van der Waals surface area (Å²) in [4.78, 5) is 1.07. The number of nitrogens with zero attached hydrogens (tertiary/aromatic N) is 1. The van der Waals surface area contributed by atoms with Crippen LogP contribution >= 0.6 is 11.3 Å². The molecule has 6 heteroatoms. The van der Waals surface area contributed by atoms with E-state index in [4.69, 9.17) is 0 Å². The molecule has 1 aromatic rings. The van der Waals surface area contributed by atoms with Gasteiger partial charge in [-0.15, -0.1) is 11.3 Å². The fourth-order valence-corrected chi connectivity index (χ4v) is 4.69. The first-order valence-corrected chi connectivity index (χ1v) is 7.56. The van der Waals surface area contributed by atoms with Crippen molar-refractivity contribution >= 4 is 21.4 Å². The van der Waals surface area contributed by atoms with Crippen LogP contribution in [0.15, 0.2) is 16.3 Å². The SMILES string of the molecule is CCc1ccc(S(=O)(=O)N2CC[C@H](O)C2)s1. The molecule has 2 rings (SSSR count). The normalized spacial score (nSPS) is 22.8. The van der Waals surface area contributed by atoms with E-state index in [1.807, 2.05) is 13.0 Å². The predicted octanol–water partition coefficient (Wildman–Crippen LogP) is 1.07. The highest BCUT2D eigenvalue weighted by molar-refractivity contribution is 7.91. The van der Waals surface area contributed by atoms with Gasteiger partial charge >= 0.3 is 0 Å². The average molecular weight is 261 g/mol. The number of thiophene rings is 1. The maximum absolute atomic E-state index is 12.1. The monoisotopic (exact) mass is 261 g/mol. The summed E-state index contributed by atoms with van der Waals surface area (Å²) in [5, 5.41) is 9.36. The molecule has 90 valence electrons. The molecule has 16 heavy (non-hydrogen) atoms. The van der Waals surface area contributed by atoms with Crippen LogP contribution in [0.4, 0.5) is 0 Å². The lowest BCUT2D eigenvalue weighted by Gasteiger charge is -2.13. The van der Waals surface area contributed by atoms with Crippen molar-refractivity contribution in [1.82, 2.24) is 4.31 Å². The highest BCUT2D eigenvalue weighted by Gasteiger charge is 2.32. The third-order valence-electron chi connectivity index (χ3n) is 2.71. The number of rotatable bonds is 3. The maximum Gasteiger partial charge on any atom is 0.252 e. The number of aliphatic hydroxyl groups excluding tert-OH is 1. The lowest BCUT2D eigenvalue weighted by molar-refractivity contribution is 0.189. The molecule has 2 heterocycles. The van der Waals surface area contributed by atoms with Crippen molar-refractivity contribution in [2.24, 2.45) is 0 Å². The third-order valence-corrected chi connectivity index (χ3v) is 6.27. The summed E-state index contributed by atoms with van der Waals surface area (Å²) in [5.41, 5.74) is 0. The largest absolute Gasteiger partial charge is 0.392 e. The molecule has 1 aliphatic heterocycles. The van der Waals surface area contributed by atoms with Crippen LogP contribution in [0.5, 0.6) is 0 Å². The van der Waals surface area contributed by atoms with Gasteiger partial charge in [0.25, 0.3) is 10.0 Å². The van der Waals surface area contributed by atoms with Gasteiger partial charge in [-0.25, -0.2) is 8.42 Å². The van der Waals surface area contributed by atoms with E-state index < -0.39 is 16.1 Å². The molecule has 4 nitrogen and oxygen atoms in total. The summed E-state index contributed by atoms with van der Waals surface area (Å²) in [7, 11) is -3.37. The van der Waals surface area contributed by atoms with E-state index in [-0.39, 0.29) is 6.54 Å². The number of hydrogen-bond acceptors (Lipinski definition) is 4. The Balaban J connectivity index is 2.25. The molecular weight excluding hydrogens is 246 g/mol. The molecule has 0 aromatic carbocycles. The van der Waals surface area contributed by atoms with Gasteiger partial charge in [-0.3, -0.25) is 0 Å².